The lowest BCUT2D eigenvalue weighted by Crippen LogP contribution is -2.58. The molecule has 3 aromatic rings. The molecule has 4 rings (SSSR count). The van der Waals surface area contributed by atoms with Gasteiger partial charge in [-0.1, -0.05) is 23.7 Å². The second-order valence-corrected chi connectivity index (χ2v) is 7.41. The van der Waals surface area contributed by atoms with Crippen LogP contribution in [-0.2, 0) is 10.3 Å². The Morgan fingerprint density at radius 3 is 2.85 bits per heavy atom. The molecule has 1 aliphatic rings. The van der Waals surface area contributed by atoms with Crippen LogP contribution in [0.5, 0.6) is 0 Å². The molecule has 0 unspecified atom stereocenters. The Balaban J connectivity index is 1.83. The van der Waals surface area contributed by atoms with Gasteiger partial charge < -0.3 is 5.32 Å². The van der Waals surface area contributed by atoms with Crippen LogP contribution in [0.3, 0.4) is 0 Å². The SMILES string of the molecule is Cc1nc2ncc(Cl)cc2n1-c1cccc([C@]2(C)CC(=O)N(C)C(=N)N2)c1. The van der Waals surface area contributed by atoms with Gasteiger partial charge in [0.05, 0.1) is 22.5 Å². The van der Waals surface area contributed by atoms with Crippen molar-refractivity contribution in [2.24, 2.45) is 0 Å². The smallest absolute Gasteiger partial charge is 0.231 e. The molecule has 8 heteroatoms. The highest BCUT2D eigenvalue weighted by atomic mass is 35.5. The molecule has 2 N–H and O–H groups in total. The van der Waals surface area contributed by atoms with Gasteiger partial charge in [0.25, 0.3) is 0 Å². The van der Waals surface area contributed by atoms with E-state index in [4.69, 9.17) is 17.0 Å². The molecule has 0 radical (unpaired) electrons. The summed E-state index contributed by atoms with van der Waals surface area (Å²) in [6.07, 6.45) is 1.85. The minimum Gasteiger partial charge on any atom is -0.346 e. The number of carbonyl (C=O) groups excluding carboxylic acids is 1. The zero-order valence-corrected chi connectivity index (χ0v) is 16.0. The lowest BCUT2D eigenvalue weighted by molar-refractivity contribution is -0.129. The molecular weight excluding hydrogens is 364 g/mol. The van der Waals surface area contributed by atoms with Gasteiger partial charge in [0.15, 0.2) is 11.6 Å². The van der Waals surface area contributed by atoms with Crippen molar-refractivity contribution in [3.8, 4) is 5.69 Å². The number of halogens is 1. The monoisotopic (exact) mass is 382 g/mol. The van der Waals surface area contributed by atoms with E-state index >= 15 is 0 Å². The summed E-state index contributed by atoms with van der Waals surface area (Å²) in [6.45, 7) is 3.85. The zero-order chi connectivity index (χ0) is 19.3. The molecule has 27 heavy (non-hydrogen) atoms. The first kappa shape index (κ1) is 17.5. The van der Waals surface area contributed by atoms with Crippen LogP contribution in [0.2, 0.25) is 5.02 Å². The molecule has 1 saturated heterocycles. The maximum absolute atomic E-state index is 12.3. The number of rotatable bonds is 2. The Labute approximate surface area is 161 Å². The van der Waals surface area contributed by atoms with Gasteiger partial charge in [0.2, 0.25) is 5.91 Å². The summed E-state index contributed by atoms with van der Waals surface area (Å²) < 4.78 is 1.99. The first-order chi connectivity index (χ1) is 12.8. The van der Waals surface area contributed by atoms with Crippen LogP contribution in [0.4, 0.5) is 0 Å². The van der Waals surface area contributed by atoms with Crippen LogP contribution < -0.4 is 5.32 Å². The van der Waals surface area contributed by atoms with Crippen molar-refractivity contribution < 1.29 is 4.79 Å². The number of nitrogens with zero attached hydrogens (tertiary/aromatic N) is 4. The van der Waals surface area contributed by atoms with Gasteiger partial charge in [-0.2, -0.15) is 0 Å². The molecule has 0 aliphatic carbocycles. The summed E-state index contributed by atoms with van der Waals surface area (Å²) in [7, 11) is 1.60. The molecule has 1 amide bonds. The van der Waals surface area contributed by atoms with Crippen LogP contribution in [0, 0.1) is 12.3 Å². The third-order valence-electron chi connectivity index (χ3n) is 5.00. The van der Waals surface area contributed by atoms with Gasteiger partial charge in [0, 0.05) is 18.9 Å². The number of nitrogens with one attached hydrogen (secondary N) is 2. The first-order valence-corrected chi connectivity index (χ1v) is 8.91. The van der Waals surface area contributed by atoms with Gasteiger partial charge in [-0.25, -0.2) is 9.97 Å². The second kappa shape index (κ2) is 6.06. The summed E-state index contributed by atoms with van der Waals surface area (Å²) >= 11 is 6.13. The summed E-state index contributed by atoms with van der Waals surface area (Å²) in [5, 5.41) is 11.7. The number of guanidine groups is 1. The number of imidazole rings is 1. The average Bonchev–Trinajstić information content (AvgIpc) is 2.95. The molecule has 1 aromatic carbocycles. The lowest BCUT2D eigenvalue weighted by atomic mass is 9.86. The first-order valence-electron chi connectivity index (χ1n) is 8.53. The number of fused-ring (bicyclic) bond motifs is 1. The highest BCUT2D eigenvalue weighted by Crippen LogP contribution is 2.31. The van der Waals surface area contributed by atoms with E-state index in [2.05, 4.69) is 15.3 Å². The zero-order valence-electron chi connectivity index (χ0n) is 15.2. The van der Waals surface area contributed by atoms with Crippen molar-refractivity contribution in [3.05, 3.63) is 52.9 Å². The van der Waals surface area contributed by atoms with E-state index in [9.17, 15) is 4.79 Å². The summed E-state index contributed by atoms with van der Waals surface area (Å²) in [6, 6.07) is 9.72. The van der Waals surface area contributed by atoms with Crippen molar-refractivity contribution in [2.45, 2.75) is 25.8 Å². The highest BCUT2D eigenvalue weighted by Gasteiger charge is 2.38. The molecule has 1 aliphatic heterocycles. The van der Waals surface area contributed by atoms with Gasteiger partial charge >= 0.3 is 0 Å². The van der Waals surface area contributed by atoms with Gasteiger partial charge in [0.1, 0.15) is 5.82 Å². The van der Waals surface area contributed by atoms with Crippen LogP contribution in [0.25, 0.3) is 16.9 Å². The molecule has 1 atom stereocenters. The number of hydrogen-bond donors (Lipinski definition) is 2. The second-order valence-electron chi connectivity index (χ2n) is 6.98. The number of aromatic nitrogens is 3. The number of carbonyl (C=O) groups is 1. The minimum atomic E-state index is -0.656. The predicted molar refractivity (Wildman–Crippen MR) is 104 cm³/mol. The van der Waals surface area contributed by atoms with Crippen LogP contribution >= 0.6 is 11.6 Å². The Morgan fingerprint density at radius 2 is 2.11 bits per heavy atom. The molecule has 138 valence electrons. The van der Waals surface area contributed by atoms with Gasteiger partial charge in [-0.05, 0) is 37.6 Å². The van der Waals surface area contributed by atoms with Crippen LogP contribution in [0.15, 0.2) is 36.5 Å². The van der Waals surface area contributed by atoms with E-state index in [0.29, 0.717) is 10.7 Å². The largest absolute Gasteiger partial charge is 0.346 e. The minimum absolute atomic E-state index is 0.0908. The van der Waals surface area contributed by atoms with E-state index in [1.807, 2.05) is 48.7 Å². The van der Waals surface area contributed by atoms with E-state index in [-0.39, 0.29) is 18.3 Å². The number of amides is 1. The molecule has 1 fully saturated rings. The number of hydrogen-bond acceptors (Lipinski definition) is 4. The Kier molecular flexibility index (Phi) is 3.92. The van der Waals surface area contributed by atoms with E-state index in [1.165, 1.54) is 4.90 Å². The number of benzene rings is 1. The Morgan fingerprint density at radius 1 is 1.33 bits per heavy atom. The Hall–Kier alpha value is -2.93. The van der Waals surface area contributed by atoms with E-state index in [1.54, 1.807) is 13.2 Å². The lowest BCUT2D eigenvalue weighted by Gasteiger charge is -2.39. The van der Waals surface area contributed by atoms with Crippen molar-refractivity contribution in [1.82, 2.24) is 24.8 Å². The van der Waals surface area contributed by atoms with Crippen molar-refractivity contribution in [1.29, 1.82) is 5.41 Å². The third kappa shape index (κ3) is 2.84. The topological polar surface area (TPSA) is 86.9 Å². The molecule has 3 heterocycles. The molecule has 0 saturated carbocycles. The summed E-state index contributed by atoms with van der Waals surface area (Å²) in [5.41, 5.74) is 2.61. The maximum atomic E-state index is 12.3. The molecule has 0 bridgehead atoms. The van der Waals surface area contributed by atoms with Crippen molar-refractivity contribution in [2.75, 3.05) is 7.05 Å². The number of pyridine rings is 1. The quantitative estimate of drug-likeness (QED) is 0.713. The van der Waals surface area contributed by atoms with E-state index < -0.39 is 5.54 Å². The molecule has 0 spiro atoms. The highest BCUT2D eigenvalue weighted by molar-refractivity contribution is 6.31. The molecular formula is C19H19ClN6O. The number of aryl methyl sites for hydroxylation is 1. The van der Waals surface area contributed by atoms with Crippen molar-refractivity contribution >= 4 is 34.6 Å². The predicted octanol–water partition coefficient (Wildman–Crippen LogP) is 2.98. The molecule has 2 aromatic heterocycles. The fraction of sp³-hybridized carbons (Fsp3) is 0.263. The Bertz CT molecular complexity index is 1070. The van der Waals surface area contributed by atoms with Crippen molar-refractivity contribution in [3.63, 3.8) is 0 Å². The summed E-state index contributed by atoms with van der Waals surface area (Å²) in [5.74, 6) is 0.800. The summed E-state index contributed by atoms with van der Waals surface area (Å²) in [4.78, 5) is 22.4. The fourth-order valence-electron chi connectivity index (χ4n) is 3.47. The van der Waals surface area contributed by atoms with Crippen LogP contribution in [-0.4, -0.2) is 38.3 Å². The fourth-order valence-corrected chi connectivity index (χ4v) is 3.63. The average molecular weight is 383 g/mol. The maximum Gasteiger partial charge on any atom is 0.231 e. The van der Waals surface area contributed by atoms with Crippen LogP contribution in [0.1, 0.15) is 24.7 Å². The normalized spacial score (nSPS) is 20.2. The van der Waals surface area contributed by atoms with E-state index in [0.717, 1.165) is 22.6 Å². The standard InChI is InChI=1S/C19H19ClN6O/c1-11-23-17-15(8-13(20)10-22-17)26(11)14-6-4-5-12(7-14)19(2)9-16(27)25(3)18(21)24-19/h4-8,10H,9H2,1-3H3,(H2,21,24)/t19-/m0/s1. The van der Waals surface area contributed by atoms with Gasteiger partial charge in [-0.15, -0.1) is 0 Å². The van der Waals surface area contributed by atoms with Gasteiger partial charge in [-0.3, -0.25) is 19.7 Å². The molecule has 7 nitrogen and oxygen atoms in total. The third-order valence-corrected chi connectivity index (χ3v) is 5.20.